The predicted molar refractivity (Wildman–Crippen MR) is 272 cm³/mol. The van der Waals surface area contributed by atoms with Crippen LogP contribution in [0.5, 0.6) is 0 Å². The first-order valence-electron chi connectivity index (χ1n) is 27.4. The number of esters is 1. The molecule has 0 aliphatic carbocycles. The zero-order chi connectivity index (χ0) is 52.6. The summed E-state index contributed by atoms with van der Waals surface area (Å²) in [6.45, 7) is 14.7. The maximum atomic E-state index is 17.6. The Balaban J connectivity index is 1.85. The van der Waals surface area contributed by atoms with E-state index in [1.807, 2.05) is 45.9 Å². The predicted octanol–water partition coefficient (Wildman–Crippen LogP) is 8.80. The van der Waals surface area contributed by atoms with Crippen LogP contribution in [0, 0.1) is 0 Å². The minimum absolute atomic E-state index is 0.00203. The second-order valence-corrected chi connectivity index (χ2v) is 19.1. The maximum Gasteiger partial charge on any atom is 0.408 e. The molecule has 2 aliphatic heterocycles. The van der Waals surface area contributed by atoms with Crippen molar-refractivity contribution in [1.82, 2.24) is 20.9 Å². The number of ether oxygens (including phenoxy) is 8. The summed E-state index contributed by atoms with van der Waals surface area (Å²) in [6.07, 6.45) is 5.88. The molecule has 0 aromatic heterocycles. The molecule has 3 N–H and O–H groups in total. The molecule has 0 unspecified atom stereocenters. The smallest absolute Gasteiger partial charge is 0.408 e. The van der Waals surface area contributed by atoms with Gasteiger partial charge in [0.2, 0.25) is 11.8 Å². The molecule has 1 aromatic rings. The molecule has 0 radical (unpaired) electrons. The van der Waals surface area contributed by atoms with Gasteiger partial charge in [0.05, 0.1) is 26.4 Å². The Morgan fingerprint density at radius 3 is 2.03 bits per heavy atom. The van der Waals surface area contributed by atoms with Crippen LogP contribution in [0.4, 0.5) is 13.6 Å². The Hall–Kier alpha value is -3.52. The van der Waals surface area contributed by atoms with E-state index in [2.05, 4.69) is 29.8 Å². The van der Waals surface area contributed by atoms with Crippen LogP contribution in [0.25, 0.3) is 0 Å². The van der Waals surface area contributed by atoms with Gasteiger partial charge in [0, 0.05) is 33.0 Å². The number of alkyl halides is 2. The fraction of sp³-hybridized carbons (Fsp3) is 0.815. The third-order valence-corrected chi connectivity index (χ3v) is 12.9. The molecule has 8 atom stereocenters. The summed E-state index contributed by atoms with van der Waals surface area (Å²) in [5.74, 6) is -7.80. The molecule has 16 nitrogen and oxygen atoms in total. The Morgan fingerprint density at radius 2 is 1.36 bits per heavy atom. The van der Waals surface area contributed by atoms with Gasteiger partial charge in [0.15, 0.2) is 0 Å². The van der Waals surface area contributed by atoms with Crippen molar-refractivity contribution >= 4 is 23.9 Å². The van der Waals surface area contributed by atoms with Gasteiger partial charge in [-0.1, -0.05) is 110 Å². The fourth-order valence-corrected chi connectivity index (χ4v) is 8.53. The summed E-state index contributed by atoms with van der Waals surface area (Å²) in [5.41, 5.74) is 0.752. The van der Waals surface area contributed by atoms with Crippen LogP contribution in [0.15, 0.2) is 30.3 Å². The van der Waals surface area contributed by atoms with Crippen molar-refractivity contribution in [2.24, 2.45) is 0 Å². The summed E-state index contributed by atoms with van der Waals surface area (Å²) in [7, 11) is 0. The van der Waals surface area contributed by atoms with Crippen LogP contribution in [0.1, 0.15) is 163 Å². The standard InChI is InChI=1S/C54H92F2N4O12/c1-8-14-32-65-39-45-46(66-33-15-9-2)47(67-34-16-10-3)48(68-35-17-11-4)54(72-45,71-37-19-13-6)53(55,56)40-57-30-24-23-28-43(59-52(64)70-38-42-26-21-20-22-27-42)50(62)60-31-25-29-44(60)49(61)58-41(7)51(63)69-36-18-12-5/h20-22,26-27,41,43-48,57H,8-19,23-25,28-40H2,1-7H3,(H,58,61)(H,59,64)/t41-,43-,44-,45+,46-,47-,48+,54+/m0/s1. The van der Waals surface area contributed by atoms with E-state index in [0.717, 1.165) is 50.5 Å². The Labute approximate surface area is 429 Å². The third-order valence-electron chi connectivity index (χ3n) is 12.9. The molecule has 2 aliphatic rings. The quantitative estimate of drug-likeness (QED) is 0.0421. The minimum atomic E-state index is -3.67. The monoisotopic (exact) mass is 1030 g/mol. The van der Waals surface area contributed by atoms with E-state index < -0.39 is 84.7 Å². The molecule has 3 rings (SSSR count). The molecule has 414 valence electrons. The molecule has 1 aromatic carbocycles. The molecular formula is C54H92F2N4O12. The van der Waals surface area contributed by atoms with Gasteiger partial charge >= 0.3 is 18.0 Å². The lowest BCUT2D eigenvalue weighted by Gasteiger charge is -2.54. The van der Waals surface area contributed by atoms with E-state index in [9.17, 15) is 19.2 Å². The molecule has 2 heterocycles. The topological polar surface area (TPSA) is 181 Å². The maximum absolute atomic E-state index is 17.6. The lowest BCUT2D eigenvalue weighted by molar-refractivity contribution is -0.432. The van der Waals surface area contributed by atoms with Gasteiger partial charge < -0.3 is 58.7 Å². The zero-order valence-corrected chi connectivity index (χ0v) is 44.8. The van der Waals surface area contributed by atoms with Crippen molar-refractivity contribution in [2.45, 2.75) is 218 Å². The number of halogens is 2. The number of carbonyl (C=O) groups is 4. The summed E-state index contributed by atoms with van der Waals surface area (Å²) >= 11 is 0. The Morgan fingerprint density at radius 1 is 0.750 bits per heavy atom. The Bertz CT molecular complexity index is 1650. The van der Waals surface area contributed by atoms with Gasteiger partial charge in [-0.3, -0.25) is 9.59 Å². The van der Waals surface area contributed by atoms with E-state index in [0.29, 0.717) is 77.6 Å². The van der Waals surface area contributed by atoms with Crippen LogP contribution in [-0.2, 0) is 58.9 Å². The number of hydrogen-bond acceptors (Lipinski definition) is 13. The Kier molecular flexibility index (Phi) is 31.1. The number of rotatable bonds is 39. The molecule has 0 spiro atoms. The largest absolute Gasteiger partial charge is 0.464 e. The van der Waals surface area contributed by atoms with E-state index in [4.69, 9.17) is 37.9 Å². The van der Waals surface area contributed by atoms with Crippen molar-refractivity contribution in [1.29, 1.82) is 0 Å². The van der Waals surface area contributed by atoms with Gasteiger partial charge in [-0.2, -0.15) is 8.78 Å². The second kappa shape index (κ2) is 35.6. The van der Waals surface area contributed by atoms with Crippen molar-refractivity contribution in [3.05, 3.63) is 35.9 Å². The minimum Gasteiger partial charge on any atom is -0.464 e. The molecule has 3 amide bonds. The van der Waals surface area contributed by atoms with Crippen molar-refractivity contribution in [3.63, 3.8) is 0 Å². The summed E-state index contributed by atoms with van der Waals surface area (Å²) < 4.78 is 84.6. The van der Waals surface area contributed by atoms with E-state index >= 15 is 8.78 Å². The average Bonchev–Trinajstić information content (AvgIpc) is 3.87. The van der Waals surface area contributed by atoms with Gasteiger partial charge in [-0.05, 0) is 89.7 Å². The number of benzene rings is 1. The first kappa shape index (κ1) is 62.8. The van der Waals surface area contributed by atoms with Crippen molar-refractivity contribution in [3.8, 4) is 0 Å². The van der Waals surface area contributed by atoms with E-state index in [-0.39, 0.29) is 52.5 Å². The molecule has 0 saturated carbocycles. The van der Waals surface area contributed by atoms with Crippen LogP contribution in [0.3, 0.4) is 0 Å². The highest BCUT2D eigenvalue weighted by Crippen LogP contribution is 2.46. The van der Waals surface area contributed by atoms with Crippen LogP contribution >= 0.6 is 0 Å². The van der Waals surface area contributed by atoms with Gasteiger partial charge in [0.1, 0.15) is 49.1 Å². The number of amides is 3. The SMILES string of the molecule is CCCCOC[C@H]1O[C@@](OCCCC)(C(F)(F)CNCCCC[C@H](NC(=O)OCc2ccccc2)C(=O)N2CCC[C@H]2C(=O)N[C@@H](C)C(=O)OCCCC)[C@H](OCCCC)[C@@H](OCCCC)[C@H]1OCCCC. The van der Waals surface area contributed by atoms with Crippen molar-refractivity contribution in [2.75, 3.05) is 65.9 Å². The molecule has 0 bridgehead atoms. The molecule has 2 fully saturated rings. The summed E-state index contributed by atoms with van der Waals surface area (Å²) in [5, 5.41) is 8.36. The number of alkyl carbamates (subject to hydrolysis) is 1. The highest BCUT2D eigenvalue weighted by atomic mass is 19.3. The zero-order valence-electron chi connectivity index (χ0n) is 44.8. The number of nitrogens with one attached hydrogen (secondary N) is 3. The summed E-state index contributed by atoms with van der Waals surface area (Å²) in [4.78, 5) is 55.0. The normalized spacial score (nSPS) is 22.1. The van der Waals surface area contributed by atoms with Crippen LogP contribution in [-0.4, -0.2) is 149 Å². The first-order valence-corrected chi connectivity index (χ1v) is 27.4. The second-order valence-electron chi connectivity index (χ2n) is 19.1. The van der Waals surface area contributed by atoms with Crippen molar-refractivity contribution < 1.29 is 65.9 Å². The lowest BCUT2D eigenvalue weighted by Crippen LogP contribution is -2.75. The van der Waals surface area contributed by atoms with Gasteiger partial charge in [0.25, 0.3) is 5.79 Å². The number of likely N-dealkylation sites (tertiary alicyclic amines) is 1. The average molecular weight is 1030 g/mol. The highest BCUT2D eigenvalue weighted by Gasteiger charge is 2.69. The van der Waals surface area contributed by atoms with E-state index in [1.165, 1.54) is 11.8 Å². The number of hydrogen-bond donors (Lipinski definition) is 3. The lowest BCUT2D eigenvalue weighted by atomic mass is 9.87. The van der Waals surface area contributed by atoms with E-state index in [1.54, 1.807) is 12.1 Å². The number of carbonyl (C=O) groups excluding carboxylic acids is 4. The number of unbranched alkanes of at least 4 members (excludes halogenated alkanes) is 7. The van der Waals surface area contributed by atoms with Gasteiger partial charge in [-0.15, -0.1) is 0 Å². The molecule has 72 heavy (non-hydrogen) atoms. The molecule has 2 saturated heterocycles. The highest BCUT2D eigenvalue weighted by molar-refractivity contribution is 5.93. The van der Waals surface area contributed by atoms with Crippen LogP contribution in [0.2, 0.25) is 0 Å². The fourth-order valence-electron chi connectivity index (χ4n) is 8.53. The molecular weight excluding hydrogens is 935 g/mol. The third kappa shape index (κ3) is 20.7. The first-order chi connectivity index (χ1) is 34.8. The van der Waals surface area contributed by atoms with Gasteiger partial charge in [-0.25, -0.2) is 9.59 Å². The molecule has 18 heteroatoms. The number of nitrogens with zero attached hydrogens (tertiary/aromatic N) is 1. The van der Waals surface area contributed by atoms with Crippen LogP contribution < -0.4 is 16.0 Å². The summed E-state index contributed by atoms with van der Waals surface area (Å²) in [6, 6.07) is 6.19.